The number of nitrogens with two attached hydrogens (primary N) is 1. The van der Waals surface area contributed by atoms with Crippen LogP contribution in [0.25, 0.3) is 22.3 Å². The first-order valence-corrected chi connectivity index (χ1v) is 7.58. The van der Waals surface area contributed by atoms with Crippen molar-refractivity contribution in [2.45, 2.75) is 0 Å². The minimum absolute atomic E-state index is 0.272. The molecule has 8 heteroatoms. The molecule has 0 aliphatic rings. The second-order valence-corrected chi connectivity index (χ2v) is 5.71. The van der Waals surface area contributed by atoms with Gasteiger partial charge in [-0.3, -0.25) is 14.5 Å². The number of aryl methyl sites for hydroxylation is 1. The molecule has 124 valence electrons. The molecule has 1 amide bonds. The van der Waals surface area contributed by atoms with Crippen LogP contribution >= 0.6 is 0 Å². The Bertz CT molecular complexity index is 1080. The minimum atomic E-state index is -0.272. The number of H-pyrrole nitrogens is 1. The quantitative estimate of drug-likeness (QED) is 0.532. The molecule has 0 spiro atoms. The maximum absolute atomic E-state index is 12.4. The van der Waals surface area contributed by atoms with Crippen LogP contribution < -0.4 is 11.1 Å². The van der Waals surface area contributed by atoms with Crippen molar-refractivity contribution in [3.05, 3.63) is 54.7 Å². The average molecular weight is 333 g/mol. The highest BCUT2D eigenvalue weighted by molar-refractivity contribution is 6.06. The molecule has 4 rings (SSSR count). The van der Waals surface area contributed by atoms with Crippen molar-refractivity contribution in [3.63, 3.8) is 0 Å². The number of hydrogen-bond acceptors (Lipinski definition) is 5. The smallest absolute Gasteiger partial charge is 0.257 e. The summed E-state index contributed by atoms with van der Waals surface area (Å²) in [6, 6.07) is 5.37. The zero-order valence-corrected chi connectivity index (χ0v) is 13.4. The monoisotopic (exact) mass is 333 g/mol. The number of carbonyl (C=O) groups is 1. The molecule has 4 aromatic heterocycles. The Morgan fingerprint density at radius 2 is 2.08 bits per heavy atom. The van der Waals surface area contributed by atoms with E-state index in [0.717, 1.165) is 16.6 Å². The Morgan fingerprint density at radius 1 is 1.20 bits per heavy atom. The topological polar surface area (TPSA) is 115 Å². The zero-order chi connectivity index (χ0) is 17.4. The first-order valence-electron chi connectivity index (χ1n) is 7.58. The molecule has 0 fully saturated rings. The highest BCUT2D eigenvalue weighted by Crippen LogP contribution is 2.23. The van der Waals surface area contributed by atoms with Crippen molar-refractivity contribution in [2.24, 2.45) is 7.05 Å². The Labute approximate surface area is 142 Å². The summed E-state index contributed by atoms with van der Waals surface area (Å²) in [7, 11) is 1.86. The summed E-state index contributed by atoms with van der Waals surface area (Å²) < 4.78 is 1.73. The van der Waals surface area contributed by atoms with Gasteiger partial charge >= 0.3 is 0 Å². The molecular weight excluding hydrogens is 318 g/mol. The summed E-state index contributed by atoms with van der Waals surface area (Å²) >= 11 is 0. The summed E-state index contributed by atoms with van der Waals surface area (Å²) in [6.07, 6.45) is 8.26. The number of pyridine rings is 2. The second kappa shape index (κ2) is 5.75. The molecule has 0 radical (unpaired) electrons. The first-order chi connectivity index (χ1) is 12.1. The minimum Gasteiger partial charge on any atom is -0.397 e. The molecular formula is C17H15N7O. The van der Waals surface area contributed by atoms with Crippen LogP contribution in [0.15, 0.2) is 49.2 Å². The molecule has 0 bridgehead atoms. The van der Waals surface area contributed by atoms with Gasteiger partial charge in [-0.15, -0.1) is 0 Å². The summed E-state index contributed by atoms with van der Waals surface area (Å²) in [5.41, 5.74) is 9.70. The van der Waals surface area contributed by atoms with E-state index in [1.807, 2.05) is 19.3 Å². The van der Waals surface area contributed by atoms with Gasteiger partial charge in [0.2, 0.25) is 0 Å². The number of fused-ring (bicyclic) bond motifs is 1. The number of nitrogens with zero attached hydrogens (tertiary/aromatic N) is 4. The number of carbonyl (C=O) groups excluding carboxylic acids is 1. The highest BCUT2D eigenvalue weighted by atomic mass is 16.1. The third-order valence-electron chi connectivity index (χ3n) is 3.77. The van der Waals surface area contributed by atoms with Crippen molar-refractivity contribution >= 4 is 28.3 Å². The van der Waals surface area contributed by atoms with Crippen molar-refractivity contribution in [2.75, 3.05) is 11.1 Å². The molecule has 0 saturated heterocycles. The van der Waals surface area contributed by atoms with Crippen LogP contribution in [-0.4, -0.2) is 30.6 Å². The van der Waals surface area contributed by atoms with Crippen molar-refractivity contribution in [3.8, 4) is 11.3 Å². The Balaban J connectivity index is 1.63. The Kier molecular flexibility index (Phi) is 3.42. The molecule has 0 saturated carbocycles. The number of rotatable bonds is 3. The van der Waals surface area contributed by atoms with Crippen LogP contribution in [-0.2, 0) is 7.05 Å². The van der Waals surface area contributed by atoms with E-state index >= 15 is 0 Å². The van der Waals surface area contributed by atoms with Gasteiger partial charge in [0.25, 0.3) is 5.91 Å². The van der Waals surface area contributed by atoms with Crippen LogP contribution in [0.1, 0.15) is 10.4 Å². The molecule has 0 aliphatic heterocycles. The largest absolute Gasteiger partial charge is 0.397 e. The van der Waals surface area contributed by atoms with Crippen molar-refractivity contribution in [1.29, 1.82) is 0 Å². The van der Waals surface area contributed by atoms with Gasteiger partial charge in [-0.2, -0.15) is 5.10 Å². The normalized spacial score (nSPS) is 10.9. The van der Waals surface area contributed by atoms with Gasteiger partial charge in [0, 0.05) is 36.6 Å². The number of hydrogen-bond donors (Lipinski definition) is 3. The standard InChI is InChI=1S/C17H15N7O/c1-24-9-12(6-21-24)15-3-10-2-11(5-20-16(10)23-15)17(25)22-14-4-13(18)7-19-8-14/h2-9H,18H2,1H3,(H,20,23)(H,22,25). The maximum Gasteiger partial charge on any atom is 0.257 e. The summed E-state index contributed by atoms with van der Waals surface area (Å²) in [5.74, 6) is -0.272. The molecule has 8 nitrogen and oxygen atoms in total. The SMILES string of the molecule is Cn1cc(-c2cc3cc(C(=O)Nc4cncc(N)c4)cnc3[nH]2)cn1. The summed E-state index contributed by atoms with van der Waals surface area (Å²) in [4.78, 5) is 23.9. The summed E-state index contributed by atoms with van der Waals surface area (Å²) in [5, 5.41) is 7.76. The highest BCUT2D eigenvalue weighted by Gasteiger charge is 2.11. The van der Waals surface area contributed by atoms with E-state index in [-0.39, 0.29) is 5.91 Å². The zero-order valence-electron chi connectivity index (χ0n) is 13.4. The average Bonchev–Trinajstić information content (AvgIpc) is 3.19. The van der Waals surface area contributed by atoms with Gasteiger partial charge in [0.15, 0.2) is 0 Å². The fourth-order valence-corrected chi connectivity index (χ4v) is 2.58. The van der Waals surface area contributed by atoms with Crippen LogP contribution in [0.3, 0.4) is 0 Å². The lowest BCUT2D eigenvalue weighted by Crippen LogP contribution is -2.12. The van der Waals surface area contributed by atoms with Gasteiger partial charge in [0.05, 0.1) is 35.0 Å². The number of nitrogens with one attached hydrogen (secondary N) is 2. The molecule has 0 unspecified atom stereocenters. The van der Waals surface area contributed by atoms with Gasteiger partial charge in [-0.25, -0.2) is 4.98 Å². The van der Waals surface area contributed by atoms with E-state index in [1.165, 1.54) is 18.6 Å². The number of nitrogen functional groups attached to an aromatic ring is 1. The number of aromatic nitrogens is 5. The van der Waals surface area contributed by atoms with E-state index in [0.29, 0.717) is 22.6 Å². The fourth-order valence-electron chi connectivity index (χ4n) is 2.58. The van der Waals surface area contributed by atoms with Crippen LogP contribution in [0, 0.1) is 0 Å². The summed E-state index contributed by atoms with van der Waals surface area (Å²) in [6.45, 7) is 0. The van der Waals surface area contributed by atoms with E-state index < -0.39 is 0 Å². The van der Waals surface area contributed by atoms with Crippen molar-refractivity contribution < 1.29 is 4.79 Å². The Hall–Kier alpha value is -3.68. The van der Waals surface area contributed by atoms with Crippen LogP contribution in [0.5, 0.6) is 0 Å². The van der Waals surface area contributed by atoms with Gasteiger partial charge in [-0.1, -0.05) is 0 Å². The number of anilines is 2. The van der Waals surface area contributed by atoms with E-state index in [9.17, 15) is 4.79 Å². The van der Waals surface area contributed by atoms with Crippen LogP contribution in [0.4, 0.5) is 11.4 Å². The molecule has 4 heterocycles. The molecule has 0 aromatic carbocycles. The lowest BCUT2D eigenvalue weighted by molar-refractivity contribution is 0.102. The van der Waals surface area contributed by atoms with Crippen molar-refractivity contribution in [1.82, 2.24) is 24.7 Å². The van der Waals surface area contributed by atoms with E-state index in [1.54, 1.807) is 23.0 Å². The fraction of sp³-hybridized carbons (Fsp3) is 0.0588. The number of amides is 1. The predicted octanol–water partition coefficient (Wildman–Crippen LogP) is 2.19. The first kappa shape index (κ1) is 14.9. The van der Waals surface area contributed by atoms with Gasteiger partial charge in [0.1, 0.15) is 5.65 Å². The van der Waals surface area contributed by atoms with Gasteiger partial charge < -0.3 is 16.0 Å². The van der Waals surface area contributed by atoms with E-state index in [4.69, 9.17) is 5.73 Å². The van der Waals surface area contributed by atoms with Crippen LogP contribution in [0.2, 0.25) is 0 Å². The third kappa shape index (κ3) is 2.92. The second-order valence-electron chi connectivity index (χ2n) is 5.71. The molecule has 25 heavy (non-hydrogen) atoms. The lowest BCUT2D eigenvalue weighted by Gasteiger charge is -2.05. The number of aromatic amines is 1. The van der Waals surface area contributed by atoms with Gasteiger partial charge in [-0.05, 0) is 18.2 Å². The van der Waals surface area contributed by atoms with E-state index in [2.05, 4.69) is 25.4 Å². The molecule has 0 atom stereocenters. The molecule has 0 aliphatic carbocycles. The lowest BCUT2D eigenvalue weighted by atomic mass is 10.2. The third-order valence-corrected chi connectivity index (χ3v) is 3.77. The molecule has 4 N–H and O–H groups in total. The molecule has 4 aromatic rings. The maximum atomic E-state index is 12.4. The predicted molar refractivity (Wildman–Crippen MR) is 94.9 cm³/mol. The Morgan fingerprint density at radius 3 is 2.84 bits per heavy atom.